The smallest absolute Gasteiger partial charge is 0.142 e. The Bertz CT molecular complexity index is 227. The first-order chi connectivity index (χ1) is 7.36. The Kier molecular flexibility index (Phi) is 3.83. The van der Waals surface area contributed by atoms with Crippen LogP contribution in [0.3, 0.4) is 0 Å². The van der Waals surface area contributed by atoms with E-state index in [4.69, 9.17) is 0 Å². The zero-order chi connectivity index (χ0) is 10.5. The summed E-state index contributed by atoms with van der Waals surface area (Å²) in [7, 11) is 0. The number of nitrogens with zero attached hydrogens (tertiary/aromatic N) is 1. The highest BCUT2D eigenvalue weighted by Gasteiger charge is 2.20. The molecule has 0 spiro atoms. The third-order valence-corrected chi connectivity index (χ3v) is 3.56. The van der Waals surface area contributed by atoms with E-state index in [1.165, 1.54) is 44.9 Å². The van der Waals surface area contributed by atoms with Gasteiger partial charge in [-0.1, -0.05) is 39.0 Å². The van der Waals surface area contributed by atoms with Crippen LogP contribution in [0.25, 0.3) is 0 Å². The van der Waals surface area contributed by atoms with Gasteiger partial charge in [0.05, 0.1) is 0 Å². The maximum absolute atomic E-state index is 4.23. The highest BCUT2D eigenvalue weighted by Crippen LogP contribution is 2.25. The van der Waals surface area contributed by atoms with E-state index >= 15 is 0 Å². The number of nitrogens with one attached hydrogen (secondary N) is 3. The van der Waals surface area contributed by atoms with Gasteiger partial charge in [-0.25, -0.2) is 5.53 Å². The van der Waals surface area contributed by atoms with Crippen LogP contribution in [0.5, 0.6) is 0 Å². The summed E-state index contributed by atoms with van der Waals surface area (Å²) in [6, 6.07) is 0. The Balaban J connectivity index is 1.87. The first-order valence-corrected chi connectivity index (χ1v) is 6.20. The van der Waals surface area contributed by atoms with E-state index in [9.17, 15) is 0 Å². The summed E-state index contributed by atoms with van der Waals surface area (Å²) in [5, 5.41) is 4.23. The molecule has 2 unspecified atom stereocenters. The minimum absolute atomic E-state index is 0.623. The lowest BCUT2D eigenvalue weighted by molar-refractivity contribution is 0.461. The second kappa shape index (κ2) is 5.35. The van der Waals surface area contributed by atoms with Gasteiger partial charge in [-0.2, -0.15) is 0 Å². The van der Waals surface area contributed by atoms with Crippen molar-refractivity contribution in [2.45, 2.75) is 51.9 Å². The number of hydrazone groups is 1. The minimum atomic E-state index is 0.623. The summed E-state index contributed by atoms with van der Waals surface area (Å²) in [5.41, 5.74) is 8.68. The van der Waals surface area contributed by atoms with Crippen LogP contribution in [0.15, 0.2) is 5.10 Å². The van der Waals surface area contributed by atoms with Gasteiger partial charge < -0.3 is 0 Å². The Morgan fingerprint density at radius 2 is 1.80 bits per heavy atom. The van der Waals surface area contributed by atoms with Gasteiger partial charge in [-0.3, -0.25) is 5.43 Å². The van der Waals surface area contributed by atoms with Crippen molar-refractivity contribution >= 4 is 5.84 Å². The molecule has 1 heterocycles. The van der Waals surface area contributed by atoms with Crippen LogP contribution in [0.2, 0.25) is 0 Å². The van der Waals surface area contributed by atoms with Crippen molar-refractivity contribution in [2.24, 2.45) is 16.9 Å². The van der Waals surface area contributed by atoms with Gasteiger partial charge >= 0.3 is 0 Å². The van der Waals surface area contributed by atoms with Crippen LogP contribution in [0.1, 0.15) is 51.9 Å². The van der Waals surface area contributed by atoms with E-state index in [0.29, 0.717) is 5.92 Å². The van der Waals surface area contributed by atoms with Gasteiger partial charge in [0.1, 0.15) is 5.84 Å². The summed E-state index contributed by atoms with van der Waals surface area (Å²) in [6.45, 7) is 2.38. The summed E-state index contributed by atoms with van der Waals surface area (Å²) in [4.78, 5) is 0. The molecule has 1 fully saturated rings. The molecule has 3 N–H and O–H groups in total. The van der Waals surface area contributed by atoms with E-state index in [2.05, 4.69) is 28.5 Å². The van der Waals surface area contributed by atoms with E-state index in [1.54, 1.807) is 0 Å². The van der Waals surface area contributed by atoms with Crippen LogP contribution in [0, 0.1) is 11.8 Å². The maximum Gasteiger partial charge on any atom is 0.142 e. The molecule has 2 rings (SSSR count). The van der Waals surface area contributed by atoms with Gasteiger partial charge in [0.2, 0.25) is 0 Å². The number of amidine groups is 1. The molecule has 1 aliphatic carbocycles. The van der Waals surface area contributed by atoms with Crippen molar-refractivity contribution in [3.05, 3.63) is 0 Å². The van der Waals surface area contributed by atoms with Gasteiger partial charge in [0, 0.05) is 5.92 Å². The van der Waals surface area contributed by atoms with Crippen LogP contribution in [-0.4, -0.2) is 5.84 Å². The molecule has 0 amide bonds. The topological polar surface area (TPSA) is 48.5 Å². The fourth-order valence-corrected chi connectivity index (χ4v) is 2.56. The van der Waals surface area contributed by atoms with Crippen LogP contribution in [-0.2, 0) is 0 Å². The Morgan fingerprint density at radius 3 is 2.60 bits per heavy atom. The third-order valence-electron chi connectivity index (χ3n) is 3.56. The lowest BCUT2D eigenvalue weighted by atomic mass is 9.95. The predicted octanol–water partition coefficient (Wildman–Crippen LogP) is 1.91. The standard InChI is InChI=1S/C11H22N4/c1-9-5-2-3-7-10(8-4-6-9)11-12-14-15-13-11/h9-10,14-15H,2-8H2,1H3,(H,12,13). The van der Waals surface area contributed by atoms with Gasteiger partial charge in [0.25, 0.3) is 0 Å². The van der Waals surface area contributed by atoms with Crippen LogP contribution < -0.4 is 16.5 Å². The van der Waals surface area contributed by atoms with Crippen LogP contribution in [0.4, 0.5) is 0 Å². The number of hydrogen-bond donors (Lipinski definition) is 3. The lowest BCUT2D eigenvalue weighted by Crippen LogP contribution is -2.37. The number of hydrogen-bond acceptors (Lipinski definition) is 4. The molecule has 4 heteroatoms. The van der Waals surface area contributed by atoms with Gasteiger partial charge in [-0.15, -0.1) is 10.6 Å². The Morgan fingerprint density at radius 1 is 1.07 bits per heavy atom. The van der Waals surface area contributed by atoms with Crippen molar-refractivity contribution in [1.29, 1.82) is 0 Å². The average Bonchev–Trinajstić information content (AvgIpc) is 2.74. The third kappa shape index (κ3) is 3.09. The summed E-state index contributed by atoms with van der Waals surface area (Å²) in [5.74, 6) is 2.64. The van der Waals surface area contributed by atoms with Crippen molar-refractivity contribution in [3.8, 4) is 0 Å². The number of rotatable bonds is 1. The molecule has 0 bridgehead atoms. The van der Waals surface area contributed by atoms with E-state index in [-0.39, 0.29) is 0 Å². The van der Waals surface area contributed by atoms with Crippen molar-refractivity contribution in [2.75, 3.05) is 0 Å². The second-order valence-electron chi connectivity index (χ2n) is 4.88. The molecule has 0 aromatic carbocycles. The van der Waals surface area contributed by atoms with Gasteiger partial charge in [-0.05, 0) is 18.8 Å². The minimum Gasteiger partial charge on any atom is -0.288 e. The number of hydrazine groups is 2. The molecule has 4 nitrogen and oxygen atoms in total. The highest BCUT2D eigenvalue weighted by molar-refractivity contribution is 5.84. The Hall–Kier alpha value is -0.770. The normalized spacial score (nSPS) is 33.0. The second-order valence-corrected chi connectivity index (χ2v) is 4.88. The van der Waals surface area contributed by atoms with Crippen LogP contribution >= 0.6 is 0 Å². The Labute approximate surface area is 91.8 Å². The molecule has 0 saturated heterocycles. The molecular formula is C11H22N4. The fraction of sp³-hybridized carbons (Fsp3) is 0.909. The largest absolute Gasteiger partial charge is 0.288 e. The predicted molar refractivity (Wildman–Crippen MR) is 61.8 cm³/mol. The molecule has 86 valence electrons. The zero-order valence-electron chi connectivity index (χ0n) is 9.55. The molecule has 1 aliphatic heterocycles. The molecule has 0 aromatic rings. The lowest BCUT2D eigenvalue weighted by Gasteiger charge is -2.14. The summed E-state index contributed by atoms with van der Waals surface area (Å²) < 4.78 is 0. The van der Waals surface area contributed by atoms with E-state index < -0.39 is 0 Å². The summed E-state index contributed by atoms with van der Waals surface area (Å²) in [6.07, 6.45) is 9.41. The fourth-order valence-electron chi connectivity index (χ4n) is 2.56. The molecule has 1 saturated carbocycles. The van der Waals surface area contributed by atoms with Crippen molar-refractivity contribution < 1.29 is 0 Å². The molecule has 15 heavy (non-hydrogen) atoms. The molecular weight excluding hydrogens is 188 g/mol. The highest BCUT2D eigenvalue weighted by atomic mass is 15.8. The van der Waals surface area contributed by atoms with E-state index in [1.807, 2.05) is 0 Å². The maximum atomic E-state index is 4.23. The van der Waals surface area contributed by atoms with Gasteiger partial charge in [0.15, 0.2) is 0 Å². The monoisotopic (exact) mass is 210 g/mol. The SMILES string of the molecule is CC1CCCCC(C2=NNNN2)CCC1. The molecule has 2 aliphatic rings. The quantitative estimate of drug-likeness (QED) is 0.619. The molecule has 0 aromatic heterocycles. The first kappa shape index (κ1) is 10.7. The van der Waals surface area contributed by atoms with Crippen molar-refractivity contribution in [3.63, 3.8) is 0 Å². The first-order valence-electron chi connectivity index (χ1n) is 6.20. The molecule has 2 atom stereocenters. The van der Waals surface area contributed by atoms with E-state index in [0.717, 1.165) is 11.8 Å². The average molecular weight is 210 g/mol. The van der Waals surface area contributed by atoms with Crippen molar-refractivity contribution in [1.82, 2.24) is 16.5 Å². The molecule has 0 radical (unpaired) electrons. The zero-order valence-corrected chi connectivity index (χ0v) is 9.55. The summed E-state index contributed by atoms with van der Waals surface area (Å²) >= 11 is 0.